The monoisotopic (exact) mass is 536 g/mol. The molecule has 182 valence electrons. The highest BCUT2D eigenvalue weighted by Gasteiger charge is 2.37. The Morgan fingerprint density at radius 2 is 2.00 bits per heavy atom. The second kappa shape index (κ2) is 9.58. The molecule has 13 heteroatoms. The molecule has 0 saturated carbocycles. The molecular weight excluding hydrogens is 518 g/mol. The van der Waals surface area contributed by atoms with Gasteiger partial charge >= 0.3 is 15.4 Å². The van der Waals surface area contributed by atoms with E-state index in [0.29, 0.717) is 44.3 Å². The summed E-state index contributed by atoms with van der Waals surface area (Å²) >= 11 is 6.10. The quantitative estimate of drug-likeness (QED) is 0.199. The number of fused-ring (bicyclic) bond motifs is 3. The molecule has 4 aromatic rings. The second-order valence-corrected chi connectivity index (χ2v) is 11.3. The predicted octanol–water partition coefficient (Wildman–Crippen LogP) is 4.88. The molecule has 1 saturated heterocycles. The first-order valence-electron chi connectivity index (χ1n) is 10.4. The van der Waals surface area contributed by atoms with E-state index in [-0.39, 0.29) is 6.61 Å². The van der Waals surface area contributed by atoms with Gasteiger partial charge in [-0.2, -0.15) is 0 Å². The summed E-state index contributed by atoms with van der Waals surface area (Å²) in [6.45, 7) is -0.386. The van der Waals surface area contributed by atoms with Crippen molar-refractivity contribution in [2.45, 2.75) is 12.5 Å². The summed E-state index contributed by atoms with van der Waals surface area (Å²) in [4.78, 5) is 26.5. The van der Waals surface area contributed by atoms with Crippen LogP contribution in [0.2, 0.25) is 5.02 Å². The van der Waals surface area contributed by atoms with Crippen molar-refractivity contribution in [2.75, 3.05) is 13.4 Å². The number of phosphoric acid groups is 1. The molecule has 1 fully saturated rings. The van der Waals surface area contributed by atoms with Crippen LogP contribution < -0.4 is 10.0 Å². The lowest BCUT2D eigenvalue weighted by atomic mass is 10.1. The molecule has 2 aromatic heterocycles. The lowest BCUT2D eigenvalue weighted by Gasteiger charge is -2.30. The number of phosphoric ester groups is 1. The minimum Gasteiger partial charge on any atom is -0.466 e. The van der Waals surface area contributed by atoms with Gasteiger partial charge in [0.05, 0.1) is 23.5 Å². The van der Waals surface area contributed by atoms with Gasteiger partial charge < -0.3 is 19.0 Å². The van der Waals surface area contributed by atoms with Crippen molar-refractivity contribution < 1.29 is 37.2 Å². The van der Waals surface area contributed by atoms with E-state index in [2.05, 4.69) is 14.5 Å². The van der Waals surface area contributed by atoms with Crippen LogP contribution in [0, 0.1) is 0 Å². The molecule has 1 aliphatic rings. The number of nitrogens with zero attached hydrogens (tertiary/aromatic N) is 2. The summed E-state index contributed by atoms with van der Waals surface area (Å²) < 4.78 is 45.8. The van der Waals surface area contributed by atoms with Crippen molar-refractivity contribution >= 4 is 54.1 Å². The van der Waals surface area contributed by atoms with Gasteiger partial charge in [-0.15, -0.1) is 0 Å². The molecule has 2 atom stereocenters. The average molecular weight is 537 g/mol. The van der Waals surface area contributed by atoms with E-state index in [9.17, 15) is 9.13 Å². The number of hydrogen-bond donors (Lipinski definition) is 2. The number of hydrogen-bond acceptors (Lipinski definition) is 8. The first-order chi connectivity index (χ1) is 16.7. The first-order valence-corrected chi connectivity index (χ1v) is 13.9. The molecule has 1 aliphatic heterocycles. The Morgan fingerprint density at radius 3 is 2.80 bits per heavy atom. The van der Waals surface area contributed by atoms with E-state index < -0.39 is 28.3 Å². The standard InChI is InChI=1S/C22H19ClN2O8P2/c23-16-3-1-2-14(10-16)19-7-9-31-34(26,33-19)17-11-15-4-5-18-20(30-13-32-35(27,28)29)6-8-24-22(18)21(15)25-12-17/h1-6,8,10-12,19H,7,9,13H2,(H2,27,28,29). The van der Waals surface area contributed by atoms with Crippen LogP contribution in [0.15, 0.2) is 60.9 Å². The summed E-state index contributed by atoms with van der Waals surface area (Å²) in [6.07, 6.45) is 3.02. The van der Waals surface area contributed by atoms with Gasteiger partial charge in [0.25, 0.3) is 0 Å². The van der Waals surface area contributed by atoms with E-state index in [4.69, 9.17) is 35.2 Å². The van der Waals surface area contributed by atoms with Crippen LogP contribution >= 0.6 is 27.0 Å². The van der Waals surface area contributed by atoms with Crippen LogP contribution in [0.4, 0.5) is 0 Å². The number of benzene rings is 2. The maximum absolute atomic E-state index is 13.6. The molecule has 5 rings (SSSR count). The maximum Gasteiger partial charge on any atom is 0.472 e. The van der Waals surface area contributed by atoms with Crippen LogP contribution in [0.25, 0.3) is 21.8 Å². The molecule has 2 N–H and O–H groups in total. The summed E-state index contributed by atoms with van der Waals surface area (Å²) in [7, 11) is -8.31. The third-order valence-corrected chi connectivity index (χ3v) is 7.99. The Balaban J connectivity index is 1.46. The number of aromatic nitrogens is 2. The third kappa shape index (κ3) is 5.26. The number of pyridine rings is 2. The predicted molar refractivity (Wildman–Crippen MR) is 129 cm³/mol. The highest BCUT2D eigenvalue weighted by molar-refractivity contribution is 7.62. The van der Waals surface area contributed by atoms with Crippen LogP contribution in [0.1, 0.15) is 18.1 Å². The fourth-order valence-corrected chi connectivity index (χ4v) is 5.93. The maximum atomic E-state index is 13.6. The lowest BCUT2D eigenvalue weighted by Crippen LogP contribution is -2.20. The van der Waals surface area contributed by atoms with E-state index in [1.165, 1.54) is 12.4 Å². The molecule has 10 nitrogen and oxygen atoms in total. The summed E-state index contributed by atoms with van der Waals surface area (Å²) in [5.41, 5.74) is 1.83. The second-order valence-electron chi connectivity index (χ2n) is 7.69. The van der Waals surface area contributed by atoms with Crippen molar-refractivity contribution in [1.82, 2.24) is 9.97 Å². The molecular formula is C22H19ClN2O8P2. The van der Waals surface area contributed by atoms with Crippen LogP contribution in [0.5, 0.6) is 5.75 Å². The first kappa shape index (κ1) is 24.3. The van der Waals surface area contributed by atoms with E-state index in [0.717, 1.165) is 5.56 Å². The topological polar surface area (TPSA) is 137 Å². The molecule has 0 spiro atoms. The van der Waals surface area contributed by atoms with Gasteiger partial charge in [-0.1, -0.05) is 29.8 Å². The summed E-state index contributed by atoms with van der Waals surface area (Å²) in [5, 5.41) is 2.10. The molecule has 0 radical (unpaired) electrons. The van der Waals surface area contributed by atoms with Crippen LogP contribution in [-0.2, 0) is 22.7 Å². The highest BCUT2D eigenvalue weighted by Crippen LogP contribution is 2.55. The van der Waals surface area contributed by atoms with Crippen molar-refractivity contribution in [3.8, 4) is 5.75 Å². The molecule has 2 aromatic carbocycles. The Hall–Kier alpha value is -2.39. The molecule has 2 unspecified atom stereocenters. The largest absolute Gasteiger partial charge is 0.472 e. The van der Waals surface area contributed by atoms with Gasteiger partial charge in [-0.25, -0.2) is 9.09 Å². The zero-order valence-corrected chi connectivity index (χ0v) is 20.5. The van der Waals surface area contributed by atoms with Crippen molar-refractivity contribution in [3.05, 3.63) is 71.5 Å². The van der Waals surface area contributed by atoms with Crippen molar-refractivity contribution in [3.63, 3.8) is 0 Å². The fourth-order valence-electron chi connectivity index (χ4n) is 3.81. The molecule has 35 heavy (non-hydrogen) atoms. The van der Waals surface area contributed by atoms with Gasteiger partial charge in [0.2, 0.25) is 0 Å². The fraction of sp³-hybridized carbons (Fsp3) is 0.182. The SMILES string of the molecule is O=P(O)(O)OCOc1ccnc2c1ccc1cc(P3(=O)OCCC(c4cccc(Cl)c4)O3)cnc12. The zero-order valence-electron chi connectivity index (χ0n) is 18.0. The number of halogens is 1. The minimum absolute atomic E-state index is 0.253. The summed E-state index contributed by atoms with van der Waals surface area (Å²) in [5.74, 6) is 0.312. The Labute approximate surface area is 204 Å². The number of rotatable bonds is 6. The number of ether oxygens (including phenoxy) is 1. The van der Waals surface area contributed by atoms with E-state index >= 15 is 0 Å². The molecule has 3 heterocycles. The minimum atomic E-state index is -4.66. The normalized spacial score (nSPS) is 20.8. The van der Waals surface area contributed by atoms with Crippen molar-refractivity contribution in [1.29, 1.82) is 0 Å². The van der Waals surface area contributed by atoms with Crippen molar-refractivity contribution in [2.24, 2.45) is 0 Å². The van der Waals surface area contributed by atoms with Gasteiger partial charge in [0.1, 0.15) is 11.3 Å². The highest BCUT2D eigenvalue weighted by atomic mass is 35.5. The smallest absolute Gasteiger partial charge is 0.466 e. The van der Waals surface area contributed by atoms with Gasteiger partial charge in [-0.05, 0) is 35.9 Å². The molecule has 0 bridgehead atoms. The molecule has 0 aliphatic carbocycles. The Bertz CT molecular complexity index is 1510. The van der Waals surface area contributed by atoms with Gasteiger partial charge in [0, 0.05) is 34.6 Å². The molecule has 0 amide bonds. The van der Waals surface area contributed by atoms with Crippen LogP contribution in [0.3, 0.4) is 0 Å². The third-order valence-electron chi connectivity index (χ3n) is 5.39. The van der Waals surface area contributed by atoms with Gasteiger partial charge in [0.15, 0.2) is 6.79 Å². The van der Waals surface area contributed by atoms with Gasteiger partial charge in [-0.3, -0.25) is 19.1 Å². The summed E-state index contributed by atoms with van der Waals surface area (Å²) in [6, 6.07) is 13.9. The zero-order chi connectivity index (χ0) is 24.6. The van der Waals surface area contributed by atoms with Crippen LogP contribution in [-0.4, -0.2) is 33.2 Å². The van der Waals surface area contributed by atoms with E-state index in [1.54, 1.807) is 36.4 Å². The Kier molecular flexibility index (Phi) is 6.65. The Morgan fingerprint density at radius 1 is 1.14 bits per heavy atom. The average Bonchev–Trinajstić information content (AvgIpc) is 2.83. The lowest BCUT2D eigenvalue weighted by molar-refractivity contribution is 0.0837. The van der Waals surface area contributed by atoms with E-state index in [1.807, 2.05) is 12.1 Å².